The van der Waals surface area contributed by atoms with Gasteiger partial charge >= 0.3 is 0 Å². The minimum Gasteiger partial charge on any atom is -0.392 e. The number of likely N-dealkylation sites (tertiary alicyclic amines) is 1. The van der Waals surface area contributed by atoms with E-state index in [1.165, 1.54) is 6.07 Å². The molecule has 2 aliphatic heterocycles. The van der Waals surface area contributed by atoms with Gasteiger partial charge in [0.15, 0.2) is 0 Å². The molecule has 0 bridgehead atoms. The molecule has 11 heteroatoms. The fourth-order valence-electron chi connectivity index (χ4n) is 4.63. The Kier molecular flexibility index (Phi) is 7.43. The fraction of sp³-hybridized carbons (Fsp3) is 0.400. The van der Waals surface area contributed by atoms with E-state index < -0.39 is 28.1 Å². The van der Waals surface area contributed by atoms with Crippen LogP contribution >= 0.6 is 0 Å². The Bertz CT molecular complexity index is 1300. The zero-order valence-corrected chi connectivity index (χ0v) is 21.0. The van der Waals surface area contributed by atoms with Crippen LogP contribution in [0.2, 0.25) is 0 Å². The molecule has 0 radical (unpaired) electrons. The third-order valence-electron chi connectivity index (χ3n) is 6.51. The average Bonchev–Trinajstić information content (AvgIpc) is 3.39. The molecule has 1 fully saturated rings. The second-order valence-electron chi connectivity index (χ2n) is 9.44. The van der Waals surface area contributed by atoms with E-state index in [0.717, 1.165) is 23.1 Å². The standard InChI is InChI=1S/C25H30N4O6S/c1-28(24(32)11-16-6-7-17-13-23(31)26-21(17)10-16)22(15-29-9-8-20(30)14-29)18-4-3-5-19(12-18)25(33)27-36(2,34)35/h3-7,10,12,20,22,30H,8-9,11,13-15H2,1-2H3,(H,26,31)(H,27,33)/t20?,22-/m1/s1. The fourth-order valence-corrected chi connectivity index (χ4v) is 5.09. The molecule has 36 heavy (non-hydrogen) atoms. The zero-order chi connectivity index (χ0) is 26.0. The Morgan fingerprint density at radius 1 is 1.25 bits per heavy atom. The summed E-state index contributed by atoms with van der Waals surface area (Å²) in [4.78, 5) is 41.1. The van der Waals surface area contributed by atoms with Crippen molar-refractivity contribution in [1.82, 2.24) is 14.5 Å². The zero-order valence-electron chi connectivity index (χ0n) is 20.2. The van der Waals surface area contributed by atoms with Crippen LogP contribution in [0, 0.1) is 0 Å². The van der Waals surface area contributed by atoms with Crippen LogP contribution in [0.3, 0.4) is 0 Å². The van der Waals surface area contributed by atoms with Gasteiger partial charge in [0.1, 0.15) is 0 Å². The van der Waals surface area contributed by atoms with Crippen molar-refractivity contribution in [3.8, 4) is 0 Å². The van der Waals surface area contributed by atoms with Gasteiger partial charge in [0, 0.05) is 37.9 Å². The number of nitrogens with zero attached hydrogens (tertiary/aromatic N) is 2. The molecule has 0 saturated carbocycles. The number of carbonyl (C=O) groups excluding carboxylic acids is 3. The number of benzene rings is 2. The van der Waals surface area contributed by atoms with Gasteiger partial charge in [-0.2, -0.15) is 0 Å². The molecular formula is C25H30N4O6S. The summed E-state index contributed by atoms with van der Waals surface area (Å²) in [6.07, 6.45) is 1.57. The van der Waals surface area contributed by atoms with Gasteiger partial charge in [-0.3, -0.25) is 19.3 Å². The SMILES string of the molecule is CN(C(=O)Cc1ccc2c(c1)NC(=O)C2)[C@H](CN1CCC(O)C1)c1cccc(C(=O)NS(C)(=O)=O)c1. The lowest BCUT2D eigenvalue weighted by Crippen LogP contribution is -2.39. The minimum atomic E-state index is -3.73. The lowest BCUT2D eigenvalue weighted by molar-refractivity contribution is -0.131. The number of aliphatic hydroxyl groups excluding tert-OH is 1. The van der Waals surface area contributed by atoms with Gasteiger partial charge in [-0.15, -0.1) is 0 Å². The molecule has 0 spiro atoms. The summed E-state index contributed by atoms with van der Waals surface area (Å²) in [5, 5.41) is 12.8. The van der Waals surface area contributed by atoms with Gasteiger partial charge in [0.05, 0.1) is 31.2 Å². The molecule has 192 valence electrons. The van der Waals surface area contributed by atoms with Crippen molar-refractivity contribution in [2.45, 2.75) is 31.4 Å². The van der Waals surface area contributed by atoms with Crippen LogP contribution in [0.25, 0.3) is 0 Å². The number of carbonyl (C=O) groups is 3. The van der Waals surface area contributed by atoms with Crippen LogP contribution in [0.5, 0.6) is 0 Å². The molecule has 1 saturated heterocycles. The number of aliphatic hydroxyl groups is 1. The second-order valence-corrected chi connectivity index (χ2v) is 11.2. The molecule has 2 aromatic carbocycles. The summed E-state index contributed by atoms with van der Waals surface area (Å²) in [5.41, 5.74) is 3.23. The Labute approximate surface area is 210 Å². The summed E-state index contributed by atoms with van der Waals surface area (Å²) < 4.78 is 25.0. The molecule has 4 rings (SSSR count). The van der Waals surface area contributed by atoms with Crippen LogP contribution in [0.1, 0.15) is 39.5 Å². The predicted octanol–water partition coefficient (Wildman–Crippen LogP) is 0.679. The van der Waals surface area contributed by atoms with E-state index in [1.807, 2.05) is 22.9 Å². The van der Waals surface area contributed by atoms with Gasteiger partial charge in [0.25, 0.3) is 5.91 Å². The Morgan fingerprint density at radius 3 is 2.72 bits per heavy atom. The number of likely N-dealkylation sites (N-methyl/N-ethyl adjacent to an activating group) is 1. The van der Waals surface area contributed by atoms with E-state index in [4.69, 9.17) is 0 Å². The highest BCUT2D eigenvalue weighted by atomic mass is 32.2. The number of β-amino-alcohol motifs (C(OH)–C–C–N with tert-alkyl or cyclic N) is 1. The third-order valence-corrected chi connectivity index (χ3v) is 7.06. The van der Waals surface area contributed by atoms with E-state index in [9.17, 15) is 27.9 Å². The largest absolute Gasteiger partial charge is 0.392 e. The molecule has 2 atom stereocenters. The Balaban J connectivity index is 1.57. The highest BCUT2D eigenvalue weighted by Crippen LogP contribution is 2.27. The van der Waals surface area contributed by atoms with Crippen LogP contribution in [-0.4, -0.2) is 80.1 Å². The van der Waals surface area contributed by atoms with Gasteiger partial charge in [-0.1, -0.05) is 24.3 Å². The monoisotopic (exact) mass is 514 g/mol. The van der Waals surface area contributed by atoms with Crippen molar-refractivity contribution in [3.05, 3.63) is 64.7 Å². The van der Waals surface area contributed by atoms with Crippen molar-refractivity contribution < 1.29 is 27.9 Å². The normalized spacial score (nSPS) is 18.4. The van der Waals surface area contributed by atoms with Gasteiger partial charge in [-0.05, 0) is 41.3 Å². The van der Waals surface area contributed by atoms with E-state index in [2.05, 4.69) is 10.2 Å². The summed E-state index contributed by atoms with van der Waals surface area (Å²) in [5.74, 6) is -0.975. The van der Waals surface area contributed by atoms with E-state index in [-0.39, 0.29) is 23.8 Å². The molecule has 2 aromatic rings. The number of rotatable bonds is 8. The molecule has 2 aliphatic rings. The van der Waals surface area contributed by atoms with E-state index in [0.29, 0.717) is 38.0 Å². The average molecular weight is 515 g/mol. The van der Waals surface area contributed by atoms with Crippen molar-refractivity contribution in [1.29, 1.82) is 0 Å². The summed E-state index contributed by atoms with van der Waals surface area (Å²) in [7, 11) is -2.04. The lowest BCUT2D eigenvalue weighted by Gasteiger charge is -2.32. The maximum absolute atomic E-state index is 13.3. The number of hydrogen-bond acceptors (Lipinski definition) is 7. The first-order valence-electron chi connectivity index (χ1n) is 11.7. The molecule has 0 aliphatic carbocycles. The van der Waals surface area contributed by atoms with Crippen molar-refractivity contribution in [2.24, 2.45) is 0 Å². The quantitative estimate of drug-likeness (QED) is 0.471. The van der Waals surface area contributed by atoms with Crippen molar-refractivity contribution >= 4 is 33.4 Å². The highest BCUT2D eigenvalue weighted by Gasteiger charge is 2.29. The van der Waals surface area contributed by atoms with Crippen LogP contribution in [0.15, 0.2) is 42.5 Å². The second kappa shape index (κ2) is 10.4. The first-order valence-corrected chi connectivity index (χ1v) is 13.6. The summed E-state index contributed by atoms with van der Waals surface area (Å²) in [6.45, 7) is 1.60. The van der Waals surface area contributed by atoms with Crippen molar-refractivity contribution in [3.63, 3.8) is 0 Å². The maximum Gasteiger partial charge on any atom is 0.264 e. The van der Waals surface area contributed by atoms with E-state index in [1.54, 1.807) is 30.1 Å². The molecular weight excluding hydrogens is 484 g/mol. The molecule has 1 unspecified atom stereocenters. The van der Waals surface area contributed by atoms with Crippen molar-refractivity contribution in [2.75, 3.05) is 38.3 Å². The smallest absolute Gasteiger partial charge is 0.264 e. The Morgan fingerprint density at radius 2 is 2.03 bits per heavy atom. The van der Waals surface area contributed by atoms with Gasteiger partial charge in [-0.25, -0.2) is 13.1 Å². The minimum absolute atomic E-state index is 0.0711. The summed E-state index contributed by atoms with van der Waals surface area (Å²) >= 11 is 0. The number of anilines is 1. The van der Waals surface area contributed by atoms with Gasteiger partial charge < -0.3 is 15.3 Å². The highest BCUT2D eigenvalue weighted by molar-refractivity contribution is 7.89. The first-order chi connectivity index (χ1) is 17.0. The summed E-state index contributed by atoms with van der Waals surface area (Å²) in [6, 6.07) is 11.6. The number of fused-ring (bicyclic) bond motifs is 1. The molecule has 10 nitrogen and oxygen atoms in total. The first kappa shape index (κ1) is 25.8. The Hall–Kier alpha value is -3.28. The van der Waals surface area contributed by atoms with Gasteiger partial charge in [0.2, 0.25) is 21.8 Å². The molecule has 0 aromatic heterocycles. The predicted molar refractivity (Wildman–Crippen MR) is 134 cm³/mol. The van der Waals surface area contributed by atoms with E-state index >= 15 is 0 Å². The molecule has 3 N–H and O–H groups in total. The van der Waals surface area contributed by atoms with Crippen LogP contribution in [-0.2, 0) is 32.5 Å². The van der Waals surface area contributed by atoms with Crippen LogP contribution in [0.4, 0.5) is 5.69 Å². The molecule has 2 heterocycles. The number of sulfonamides is 1. The number of hydrogen-bond donors (Lipinski definition) is 3. The number of nitrogens with one attached hydrogen (secondary N) is 2. The number of amides is 3. The third kappa shape index (κ3) is 6.28. The molecule has 3 amide bonds. The van der Waals surface area contributed by atoms with Crippen LogP contribution < -0.4 is 10.0 Å². The topological polar surface area (TPSA) is 136 Å². The maximum atomic E-state index is 13.3. The lowest BCUT2D eigenvalue weighted by atomic mass is 10.0.